The zero-order chi connectivity index (χ0) is 16.5. The molecule has 2 aliphatic rings. The topological polar surface area (TPSA) is 44.5 Å². The van der Waals surface area contributed by atoms with Crippen LogP contribution in [0.5, 0.6) is 11.5 Å². The average Bonchev–Trinajstić information content (AvgIpc) is 2.79. The highest BCUT2D eigenvalue weighted by molar-refractivity contribution is 5.56. The lowest BCUT2D eigenvalue weighted by atomic mass is 9.69. The van der Waals surface area contributed by atoms with Gasteiger partial charge in [-0.3, -0.25) is 0 Å². The standard InChI is InChI=1S/C17H22F3NO2/c18-17(19,20)13-6-5-12(14-15(13)23-10-4-9-22-14)16(11-21)7-2-1-3-8-16/h5-6H,1-4,7-11,21H2. The van der Waals surface area contributed by atoms with Crippen molar-refractivity contribution in [3.8, 4) is 11.5 Å². The first-order valence-electron chi connectivity index (χ1n) is 8.18. The molecule has 1 saturated carbocycles. The Morgan fingerprint density at radius 3 is 2.22 bits per heavy atom. The van der Waals surface area contributed by atoms with Crippen LogP contribution in [0.4, 0.5) is 13.2 Å². The fourth-order valence-corrected chi connectivity index (χ4v) is 3.71. The van der Waals surface area contributed by atoms with Crippen LogP contribution >= 0.6 is 0 Å². The van der Waals surface area contributed by atoms with E-state index in [4.69, 9.17) is 15.2 Å². The number of nitrogens with two attached hydrogens (primary N) is 1. The van der Waals surface area contributed by atoms with E-state index >= 15 is 0 Å². The van der Waals surface area contributed by atoms with E-state index in [1.54, 1.807) is 6.07 Å². The van der Waals surface area contributed by atoms with E-state index in [0.717, 1.165) is 43.7 Å². The third-order valence-electron chi connectivity index (χ3n) is 4.97. The second kappa shape index (κ2) is 6.23. The summed E-state index contributed by atoms with van der Waals surface area (Å²) in [5.74, 6) is 0.0931. The van der Waals surface area contributed by atoms with E-state index in [1.807, 2.05) is 0 Å². The van der Waals surface area contributed by atoms with Crippen LogP contribution in [0.1, 0.15) is 49.7 Å². The number of benzene rings is 1. The molecule has 0 amide bonds. The third kappa shape index (κ3) is 3.01. The van der Waals surface area contributed by atoms with Crippen molar-refractivity contribution in [2.45, 2.75) is 50.1 Å². The second-order valence-corrected chi connectivity index (χ2v) is 6.41. The van der Waals surface area contributed by atoms with Crippen molar-refractivity contribution in [2.75, 3.05) is 19.8 Å². The Hall–Kier alpha value is -1.43. The van der Waals surface area contributed by atoms with Crippen molar-refractivity contribution in [3.05, 3.63) is 23.3 Å². The van der Waals surface area contributed by atoms with Gasteiger partial charge in [-0.15, -0.1) is 0 Å². The molecule has 0 radical (unpaired) electrons. The van der Waals surface area contributed by atoms with Crippen molar-refractivity contribution in [2.24, 2.45) is 5.73 Å². The number of ether oxygens (including phenoxy) is 2. The molecule has 1 fully saturated rings. The van der Waals surface area contributed by atoms with Gasteiger partial charge in [0.2, 0.25) is 0 Å². The Morgan fingerprint density at radius 2 is 1.61 bits per heavy atom. The zero-order valence-corrected chi connectivity index (χ0v) is 13.0. The molecule has 1 aliphatic carbocycles. The lowest BCUT2D eigenvalue weighted by Gasteiger charge is -2.38. The third-order valence-corrected chi connectivity index (χ3v) is 4.97. The molecule has 0 unspecified atom stereocenters. The number of alkyl halides is 3. The fourth-order valence-electron chi connectivity index (χ4n) is 3.71. The van der Waals surface area contributed by atoms with Gasteiger partial charge in [-0.2, -0.15) is 13.2 Å². The molecule has 0 spiro atoms. The van der Waals surface area contributed by atoms with Crippen LogP contribution in [0.2, 0.25) is 0 Å². The minimum atomic E-state index is -4.46. The van der Waals surface area contributed by atoms with Gasteiger partial charge in [-0.1, -0.05) is 25.3 Å². The van der Waals surface area contributed by atoms with Crippen LogP contribution in [0.3, 0.4) is 0 Å². The van der Waals surface area contributed by atoms with E-state index in [0.29, 0.717) is 19.6 Å². The second-order valence-electron chi connectivity index (χ2n) is 6.41. The van der Waals surface area contributed by atoms with Gasteiger partial charge in [0.25, 0.3) is 0 Å². The first-order valence-corrected chi connectivity index (χ1v) is 8.18. The van der Waals surface area contributed by atoms with Crippen LogP contribution in [0.15, 0.2) is 12.1 Å². The molecule has 1 aromatic carbocycles. The first-order chi connectivity index (χ1) is 11.0. The molecular weight excluding hydrogens is 307 g/mol. The quantitative estimate of drug-likeness (QED) is 0.891. The van der Waals surface area contributed by atoms with E-state index in [9.17, 15) is 13.2 Å². The summed E-state index contributed by atoms with van der Waals surface area (Å²) in [7, 11) is 0. The molecule has 0 bridgehead atoms. The van der Waals surface area contributed by atoms with Crippen LogP contribution in [-0.4, -0.2) is 19.8 Å². The Bertz CT molecular complexity index is 566. The minimum absolute atomic E-state index is 0.161. The molecule has 128 valence electrons. The van der Waals surface area contributed by atoms with E-state index < -0.39 is 11.7 Å². The monoisotopic (exact) mass is 329 g/mol. The lowest BCUT2D eigenvalue weighted by molar-refractivity contribution is -0.139. The van der Waals surface area contributed by atoms with Gasteiger partial charge in [0.15, 0.2) is 11.5 Å². The number of fused-ring (bicyclic) bond motifs is 1. The maximum atomic E-state index is 13.3. The highest BCUT2D eigenvalue weighted by atomic mass is 19.4. The summed E-state index contributed by atoms with van der Waals surface area (Å²) < 4.78 is 51.1. The molecule has 1 heterocycles. The van der Waals surface area contributed by atoms with Crippen LogP contribution < -0.4 is 15.2 Å². The molecule has 3 nitrogen and oxygen atoms in total. The molecule has 3 rings (SSSR count). The normalized spacial score (nSPS) is 20.9. The summed E-state index contributed by atoms with van der Waals surface area (Å²) in [5, 5.41) is 0. The van der Waals surface area contributed by atoms with Gasteiger partial charge >= 0.3 is 6.18 Å². The van der Waals surface area contributed by atoms with E-state index in [2.05, 4.69) is 0 Å². The number of rotatable bonds is 2. The Morgan fingerprint density at radius 1 is 0.957 bits per heavy atom. The molecule has 1 aromatic rings. The molecule has 2 N–H and O–H groups in total. The van der Waals surface area contributed by atoms with Crippen LogP contribution in [0, 0.1) is 0 Å². The van der Waals surface area contributed by atoms with Crippen LogP contribution in [-0.2, 0) is 11.6 Å². The van der Waals surface area contributed by atoms with Gasteiger partial charge < -0.3 is 15.2 Å². The maximum Gasteiger partial charge on any atom is 0.420 e. The van der Waals surface area contributed by atoms with Gasteiger partial charge in [0, 0.05) is 23.9 Å². The first kappa shape index (κ1) is 16.4. The molecule has 0 aromatic heterocycles. The van der Waals surface area contributed by atoms with Gasteiger partial charge in [0.1, 0.15) is 5.56 Å². The van der Waals surface area contributed by atoms with Gasteiger partial charge in [0.05, 0.1) is 13.2 Å². The van der Waals surface area contributed by atoms with Gasteiger partial charge in [-0.05, 0) is 18.9 Å². The summed E-state index contributed by atoms with van der Waals surface area (Å²) in [6.45, 7) is 1.01. The molecular formula is C17H22F3NO2. The van der Waals surface area contributed by atoms with E-state index in [1.165, 1.54) is 0 Å². The predicted molar refractivity (Wildman–Crippen MR) is 80.9 cm³/mol. The summed E-state index contributed by atoms with van der Waals surface area (Å²) in [5.41, 5.74) is 5.76. The van der Waals surface area contributed by atoms with Gasteiger partial charge in [-0.25, -0.2) is 0 Å². The average molecular weight is 329 g/mol. The Balaban J connectivity index is 2.14. The summed E-state index contributed by atoms with van der Waals surface area (Å²) in [4.78, 5) is 0. The lowest BCUT2D eigenvalue weighted by Crippen LogP contribution is -2.37. The largest absolute Gasteiger partial charge is 0.489 e. The van der Waals surface area contributed by atoms with Crippen molar-refractivity contribution in [1.29, 1.82) is 0 Å². The summed E-state index contributed by atoms with van der Waals surface area (Å²) in [6, 6.07) is 2.67. The van der Waals surface area contributed by atoms with Crippen molar-refractivity contribution in [3.63, 3.8) is 0 Å². The highest BCUT2D eigenvalue weighted by Gasteiger charge is 2.41. The number of hydrogen-bond donors (Lipinski definition) is 1. The molecule has 0 atom stereocenters. The molecule has 1 aliphatic heterocycles. The molecule has 23 heavy (non-hydrogen) atoms. The summed E-state index contributed by atoms with van der Waals surface area (Å²) in [6.07, 6.45) is 1.08. The summed E-state index contributed by atoms with van der Waals surface area (Å²) >= 11 is 0. The minimum Gasteiger partial charge on any atom is -0.489 e. The Kier molecular flexibility index (Phi) is 4.45. The zero-order valence-electron chi connectivity index (χ0n) is 13.0. The van der Waals surface area contributed by atoms with Crippen LogP contribution in [0.25, 0.3) is 0 Å². The fraction of sp³-hybridized carbons (Fsp3) is 0.647. The van der Waals surface area contributed by atoms with Crippen molar-refractivity contribution >= 4 is 0 Å². The predicted octanol–water partition coefficient (Wildman–Crippen LogP) is 4.03. The number of halogens is 3. The van der Waals surface area contributed by atoms with E-state index in [-0.39, 0.29) is 23.5 Å². The highest BCUT2D eigenvalue weighted by Crippen LogP contribution is 2.50. The van der Waals surface area contributed by atoms with Crippen molar-refractivity contribution < 1.29 is 22.6 Å². The molecule has 0 saturated heterocycles. The SMILES string of the molecule is NCC1(c2ccc(C(F)(F)F)c3c2OCCCO3)CCCCC1. The van der Waals surface area contributed by atoms with Crippen molar-refractivity contribution in [1.82, 2.24) is 0 Å². The smallest absolute Gasteiger partial charge is 0.420 e. The Labute approximate surface area is 133 Å². The molecule has 6 heteroatoms. The number of hydrogen-bond acceptors (Lipinski definition) is 3. The maximum absolute atomic E-state index is 13.3.